The Morgan fingerprint density at radius 1 is 1.33 bits per heavy atom. The molecule has 5 nitrogen and oxygen atoms in total. The highest BCUT2D eigenvalue weighted by atomic mass is 16.5. The van der Waals surface area contributed by atoms with Gasteiger partial charge in [0.05, 0.1) is 0 Å². The smallest absolute Gasteiger partial charge is 0.289 e. The SMILES string of the molecule is Cc1ccc(OCc2ccc(C(=O)N3CCC[C@H]3CN)o2)c(C)c1. The van der Waals surface area contributed by atoms with Crippen molar-refractivity contribution in [2.75, 3.05) is 13.1 Å². The molecule has 0 spiro atoms. The summed E-state index contributed by atoms with van der Waals surface area (Å²) in [6.45, 7) is 5.61. The molecular formula is C19H24N2O3. The molecule has 5 heteroatoms. The van der Waals surface area contributed by atoms with Crippen molar-refractivity contribution in [3.8, 4) is 5.75 Å². The highest BCUT2D eigenvalue weighted by Crippen LogP contribution is 2.23. The van der Waals surface area contributed by atoms with Gasteiger partial charge in [-0.05, 0) is 50.5 Å². The number of nitrogens with zero attached hydrogens (tertiary/aromatic N) is 1. The molecule has 1 saturated heterocycles. The van der Waals surface area contributed by atoms with Gasteiger partial charge in [0.25, 0.3) is 5.91 Å². The summed E-state index contributed by atoms with van der Waals surface area (Å²) in [5.74, 6) is 1.74. The Bertz CT molecular complexity index is 723. The Balaban J connectivity index is 1.64. The van der Waals surface area contributed by atoms with Crippen LogP contribution in [0.2, 0.25) is 0 Å². The summed E-state index contributed by atoms with van der Waals surface area (Å²) < 4.78 is 11.5. The van der Waals surface area contributed by atoms with Crippen LogP contribution in [0.4, 0.5) is 0 Å². The van der Waals surface area contributed by atoms with Crippen molar-refractivity contribution in [1.29, 1.82) is 0 Å². The van der Waals surface area contributed by atoms with Gasteiger partial charge in [-0.2, -0.15) is 0 Å². The third-order valence-corrected chi connectivity index (χ3v) is 4.48. The molecule has 0 bridgehead atoms. The van der Waals surface area contributed by atoms with Crippen molar-refractivity contribution < 1.29 is 13.9 Å². The molecule has 128 valence electrons. The van der Waals surface area contributed by atoms with Gasteiger partial charge >= 0.3 is 0 Å². The third-order valence-electron chi connectivity index (χ3n) is 4.48. The molecular weight excluding hydrogens is 304 g/mol. The number of rotatable bonds is 5. The highest BCUT2D eigenvalue weighted by molar-refractivity contribution is 5.92. The van der Waals surface area contributed by atoms with Gasteiger partial charge in [0.1, 0.15) is 18.1 Å². The van der Waals surface area contributed by atoms with Crippen molar-refractivity contribution in [3.05, 3.63) is 53.0 Å². The Hall–Kier alpha value is -2.27. The maximum atomic E-state index is 12.5. The van der Waals surface area contributed by atoms with E-state index in [1.165, 1.54) is 5.56 Å². The summed E-state index contributed by atoms with van der Waals surface area (Å²) in [6, 6.07) is 9.68. The fraction of sp³-hybridized carbons (Fsp3) is 0.421. The lowest BCUT2D eigenvalue weighted by atomic mass is 10.1. The number of hydrogen-bond donors (Lipinski definition) is 1. The number of carbonyl (C=O) groups excluding carboxylic acids is 1. The predicted octanol–water partition coefficient (Wildman–Crippen LogP) is 3.04. The molecule has 0 unspecified atom stereocenters. The minimum atomic E-state index is -0.0827. The first-order chi connectivity index (χ1) is 11.6. The van der Waals surface area contributed by atoms with Crippen molar-refractivity contribution >= 4 is 5.91 Å². The summed E-state index contributed by atoms with van der Waals surface area (Å²) >= 11 is 0. The molecule has 0 aliphatic carbocycles. The van der Waals surface area contributed by atoms with Crippen LogP contribution in [0.3, 0.4) is 0 Å². The van der Waals surface area contributed by atoms with E-state index in [0.717, 1.165) is 30.7 Å². The van der Waals surface area contributed by atoms with E-state index in [-0.39, 0.29) is 11.9 Å². The first-order valence-corrected chi connectivity index (χ1v) is 8.38. The minimum absolute atomic E-state index is 0.0827. The van der Waals surface area contributed by atoms with Crippen LogP contribution in [-0.2, 0) is 6.61 Å². The summed E-state index contributed by atoms with van der Waals surface area (Å²) in [7, 11) is 0. The first kappa shape index (κ1) is 16.6. The van der Waals surface area contributed by atoms with E-state index in [4.69, 9.17) is 14.9 Å². The summed E-state index contributed by atoms with van der Waals surface area (Å²) in [6.07, 6.45) is 1.96. The monoisotopic (exact) mass is 328 g/mol. The molecule has 1 fully saturated rings. The molecule has 1 aromatic heterocycles. The number of furan rings is 1. The third kappa shape index (κ3) is 3.46. The summed E-state index contributed by atoms with van der Waals surface area (Å²) in [5.41, 5.74) is 8.02. The zero-order valence-corrected chi connectivity index (χ0v) is 14.2. The van der Waals surface area contributed by atoms with Crippen molar-refractivity contribution in [2.24, 2.45) is 5.73 Å². The van der Waals surface area contributed by atoms with Crippen LogP contribution in [0.5, 0.6) is 5.75 Å². The van der Waals surface area contributed by atoms with Crippen LogP contribution in [0.15, 0.2) is 34.7 Å². The molecule has 2 heterocycles. The van der Waals surface area contributed by atoms with E-state index < -0.39 is 0 Å². The van der Waals surface area contributed by atoms with E-state index in [9.17, 15) is 4.79 Å². The second-order valence-electron chi connectivity index (χ2n) is 6.35. The molecule has 1 aromatic carbocycles. The van der Waals surface area contributed by atoms with E-state index in [1.807, 2.05) is 30.9 Å². The molecule has 3 rings (SSSR count). The fourth-order valence-corrected chi connectivity index (χ4v) is 3.17. The molecule has 1 amide bonds. The second-order valence-corrected chi connectivity index (χ2v) is 6.35. The summed E-state index contributed by atoms with van der Waals surface area (Å²) in [5, 5.41) is 0. The van der Waals surface area contributed by atoms with E-state index in [1.54, 1.807) is 12.1 Å². The number of hydrogen-bond acceptors (Lipinski definition) is 4. The second kappa shape index (κ2) is 7.09. The van der Waals surface area contributed by atoms with E-state index >= 15 is 0 Å². The van der Waals surface area contributed by atoms with E-state index in [2.05, 4.69) is 6.07 Å². The number of benzene rings is 1. The Kier molecular flexibility index (Phi) is 4.90. The zero-order valence-electron chi connectivity index (χ0n) is 14.2. The predicted molar refractivity (Wildman–Crippen MR) is 92.1 cm³/mol. The van der Waals surface area contributed by atoms with Gasteiger partial charge in [-0.25, -0.2) is 0 Å². The average molecular weight is 328 g/mol. The Morgan fingerprint density at radius 2 is 2.17 bits per heavy atom. The number of carbonyl (C=O) groups is 1. The molecule has 1 aliphatic heterocycles. The number of likely N-dealkylation sites (tertiary alicyclic amines) is 1. The summed E-state index contributed by atoms with van der Waals surface area (Å²) in [4.78, 5) is 14.3. The molecule has 1 atom stereocenters. The van der Waals surface area contributed by atoms with Crippen molar-refractivity contribution in [1.82, 2.24) is 4.90 Å². The van der Waals surface area contributed by atoms with Crippen molar-refractivity contribution in [3.63, 3.8) is 0 Å². The normalized spacial score (nSPS) is 17.3. The first-order valence-electron chi connectivity index (χ1n) is 8.38. The molecule has 0 radical (unpaired) electrons. The lowest BCUT2D eigenvalue weighted by Gasteiger charge is -2.22. The molecule has 1 aliphatic rings. The largest absolute Gasteiger partial charge is 0.485 e. The van der Waals surface area contributed by atoms with Gasteiger partial charge in [-0.1, -0.05) is 17.7 Å². The van der Waals surface area contributed by atoms with Crippen LogP contribution < -0.4 is 10.5 Å². The van der Waals surface area contributed by atoms with Crippen LogP contribution in [0.25, 0.3) is 0 Å². The number of nitrogens with two attached hydrogens (primary N) is 1. The maximum absolute atomic E-state index is 12.5. The zero-order chi connectivity index (χ0) is 17.1. The topological polar surface area (TPSA) is 68.7 Å². The highest BCUT2D eigenvalue weighted by Gasteiger charge is 2.29. The van der Waals surface area contributed by atoms with Crippen LogP contribution in [0.1, 0.15) is 40.3 Å². The van der Waals surface area contributed by atoms with Crippen LogP contribution >= 0.6 is 0 Å². The van der Waals surface area contributed by atoms with Crippen LogP contribution in [-0.4, -0.2) is 29.9 Å². The fourth-order valence-electron chi connectivity index (χ4n) is 3.17. The molecule has 2 N–H and O–H groups in total. The minimum Gasteiger partial charge on any atom is -0.485 e. The van der Waals surface area contributed by atoms with Gasteiger partial charge in [-0.15, -0.1) is 0 Å². The van der Waals surface area contributed by atoms with Gasteiger partial charge in [0, 0.05) is 19.1 Å². The Labute approximate surface area is 142 Å². The van der Waals surface area contributed by atoms with E-state index in [0.29, 0.717) is 24.7 Å². The van der Waals surface area contributed by atoms with Gasteiger partial charge in [-0.3, -0.25) is 4.79 Å². The Morgan fingerprint density at radius 3 is 2.92 bits per heavy atom. The number of amides is 1. The van der Waals surface area contributed by atoms with Gasteiger partial charge in [0.2, 0.25) is 0 Å². The quantitative estimate of drug-likeness (QED) is 0.916. The lowest BCUT2D eigenvalue weighted by molar-refractivity contribution is 0.0705. The lowest BCUT2D eigenvalue weighted by Crippen LogP contribution is -2.39. The maximum Gasteiger partial charge on any atom is 0.289 e. The van der Waals surface area contributed by atoms with Gasteiger partial charge < -0.3 is 19.8 Å². The molecule has 0 saturated carbocycles. The molecule has 2 aromatic rings. The number of ether oxygens (including phenoxy) is 1. The molecule has 24 heavy (non-hydrogen) atoms. The average Bonchev–Trinajstić information content (AvgIpc) is 3.22. The van der Waals surface area contributed by atoms with Crippen molar-refractivity contribution in [2.45, 2.75) is 39.3 Å². The number of aryl methyl sites for hydroxylation is 2. The van der Waals surface area contributed by atoms with Crippen LogP contribution in [0, 0.1) is 13.8 Å². The van der Waals surface area contributed by atoms with Gasteiger partial charge in [0.15, 0.2) is 5.76 Å². The standard InChI is InChI=1S/C19H24N2O3/c1-13-5-7-17(14(2)10-13)23-12-16-6-8-18(24-16)19(22)21-9-3-4-15(21)11-20/h5-8,10,15H,3-4,9,11-12,20H2,1-2H3/t15-/m0/s1.